The van der Waals surface area contributed by atoms with Crippen LogP contribution in [0.2, 0.25) is 0 Å². The van der Waals surface area contributed by atoms with Crippen LogP contribution in [-0.4, -0.2) is 15.5 Å². The molecule has 4 nitrogen and oxygen atoms in total. The van der Waals surface area contributed by atoms with Crippen molar-refractivity contribution in [3.63, 3.8) is 0 Å². The first-order valence-corrected chi connectivity index (χ1v) is 8.91. The van der Waals surface area contributed by atoms with Crippen molar-refractivity contribution in [2.45, 2.75) is 39.8 Å². The van der Waals surface area contributed by atoms with Crippen LogP contribution in [0.3, 0.4) is 0 Å². The zero-order valence-electron chi connectivity index (χ0n) is 15.9. The highest BCUT2D eigenvalue weighted by atomic mass is 15.2. The number of para-hydroxylation sites is 1. The van der Waals surface area contributed by atoms with Gasteiger partial charge in [0, 0.05) is 23.8 Å². The second kappa shape index (κ2) is 7.56. The van der Waals surface area contributed by atoms with Gasteiger partial charge in [0.1, 0.15) is 17.5 Å². The van der Waals surface area contributed by atoms with Gasteiger partial charge in [-0.25, -0.2) is 9.97 Å². The molecular weight excluding hydrogens is 320 g/mol. The van der Waals surface area contributed by atoms with Gasteiger partial charge in [-0.15, -0.1) is 0 Å². The lowest BCUT2D eigenvalue weighted by Gasteiger charge is -2.26. The Balaban J connectivity index is 2.01. The second-order valence-corrected chi connectivity index (χ2v) is 7.44. The van der Waals surface area contributed by atoms with Crippen molar-refractivity contribution in [1.82, 2.24) is 9.97 Å². The van der Waals surface area contributed by atoms with Crippen molar-refractivity contribution >= 4 is 17.3 Å². The number of benzene rings is 2. The Kier molecular flexibility index (Phi) is 5.21. The van der Waals surface area contributed by atoms with E-state index in [4.69, 9.17) is 4.98 Å². The summed E-state index contributed by atoms with van der Waals surface area (Å²) >= 11 is 0. The van der Waals surface area contributed by atoms with Crippen LogP contribution in [0, 0.1) is 6.92 Å². The van der Waals surface area contributed by atoms with Gasteiger partial charge < -0.3 is 10.2 Å². The van der Waals surface area contributed by atoms with Gasteiger partial charge in [0.15, 0.2) is 0 Å². The molecule has 0 aliphatic rings. The molecular formula is C22H26N4. The summed E-state index contributed by atoms with van der Waals surface area (Å²) in [5.74, 6) is 2.48. The van der Waals surface area contributed by atoms with Crippen LogP contribution in [0.1, 0.15) is 32.2 Å². The van der Waals surface area contributed by atoms with Crippen LogP contribution < -0.4 is 10.2 Å². The summed E-state index contributed by atoms with van der Waals surface area (Å²) in [6.07, 6.45) is 0. The van der Waals surface area contributed by atoms with E-state index in [9.17, 15) is 0 Å². The van der Waals surface area contributed by atoms with Gasteiger partial charge in [-0.1, -0.05) is 48.5 Å². The Bertz CT molecular complexity index is 839. The van der Waals surface area contributed by atoms with E-state index in [0.29, 0.717) is 0 Å². The van der Waals surface area contributed by atoms with E-state index in [1.807, 2.05) is 25.1 Å². The van der Waals surface area contributed by atoms with Gasteiger partial charge in [0.2, 0.25) is 0 Å². The standard InChI is InChI=1S/C22H26N4/c1-17-23-20(25-22(2,3)4)15-21(24-17)26(19-13-9-6-10-14-19)16-18-11-7-5-8-12-18/h5-15H,16H2,1-4H3,(H,23,24,25). The van der Waals surface area contributed by atoms with Crippen LogP contribution in [0.25, 0.3) is 0 Å². The van der Waals surface area contributed by atoms with Crippen LogP contribution in [-0.2, 0) is 6.54 Å². The van der Waals surface area contributed by atoms with Crippen LogP contribution in [0.15, 0.2) is 66.7 Å². The van der Waals surface area contributed by atoms with Crippen molar-refractivity contribution < 1.29 is 0 Å². The molecule has 1 aromatic heterocycles. The lowest BCUT2D eigenvalue weighted by Crippen LogP contribution is -2.27. The predicted octanol–water partition coefficient (Wildman–Crippen LogP) is 5.33. The van der Waals surface area contributed by atoms with E-state index < -0.39 is 0 Å². The lowest BCUT2D eigenvalue weighted by molar-refractivity contribution is 0.629. The van der Waals surface area contributed by atoms with E-state index in [0.717, 1.165) is 29.7 Å². The molecule has 2 aromatic carbocycles. The third-order valence-corrected chi connectivity index (χ3v) is 3.86. The molecule has 0 unspecified atom stereocenters. The fourth-order valence-corrected chi connectivity index (χ4v) is 2.82. The molecule has 0 bridgehead atoms. The summed E-state index contributed by atoms with van der Waals surface area (Å²) in [7, 11) is 0. The molecule has 0 amide bonds. The number of anilines is 3. The molecule has 134 valence electrons. The van der Waals surface area contributed by atoms with E-state index >= 15 is 0 Å². The Labute approximate surface area is 155 Å². The lowest BCUT2D eigenvalue weighted by atomic mass is 10.1. The summed E-state index contributed by atoms with van der Waals surface area (Å²) in [6, 6.07) is 22.8. The number of hydrogen-bond donors (Lipinski definition) is 1. The first kappa shape index (κ1) is 17.9. The van der Waals surface area contributed by atoms with E-state index in [-0.39, 0.29) is 5.54 Å². The SMILES string of the molecule is Cc1nc(NC(C)(C)C)cc(N(Cc2ccccc2)c2ccccc2)n1. The molecule has 0 aliphatic heterocycles. The number of nitrogens with zero attached hydrogens (tertiary/aromatic N) is 3. The molecule has 0 fully saturated rings. The molecule has 0 aliphatic carbocycles. The first-order chi connectivity index (χ1) is 12.4. The quantitative estimate of drug-likeness (QED) is 0.677. The van der Waals surface area contributed by atoms with Crippen LogP contribution in [0.4, 0.5) is 17.3 Å². The highest BCUT2D eigenvalue weighted by Crippen LogP contribution is 2.28. The molecule has 26 heavy (non-hydrogen) atoms. The normalized spacial score (nSPS) is 11.2. The maximum absolute atomic E-state index is 4.71. The molecule has 1 heterocycles. The van der Waals surface area contributed by atoms with Crippen molar-refractivity contribution in [3.8, 4) is 0 Å². The second-order valence-electron chi connectivity index (χ2n) is 7.44. The largest absolute Gasteiger partial charge is 0.365 e. The van der Waals surface area contributed by atoms with E-state index in [2.05, 4.69) is 84.5 Å². The monoisotopic (exact) mass is 346 g/mol. The first-order valence-electron chi connectivity index (χ1n) is 8.91. The average molecular weight is 346 g/mol. The van der Waals surface area contributed by atoms with E-state index in [1.54, 1.807) is 0 Å². The number of hydrogen-bond acceptors (Lipinski definition) is 4. The Morgan fingerprint density at radius 2 is 1.50 bits per heavy atom. The summed E-state index contributed by atoms with van der Waals surface area (Å²) in [6.45, 7) is 9.06. The average Bonchev–Trinajstić information content (AvgIpc) is 2.59. The Hall–Kier alpha value is -2.88. The molecule has 4 heteroatoms. The fourth-order valence-electron chi connectivity index (χ4n) is 2.82. The van der Waals surface area contributed by atoms with Gasteiger partial charge in [0.25, 0.3) is 0 Å². The Morgan fingerprint density at radius 1 is 0.885 bits per heavy atom. The predicted molar refractivity (Wildman–Crippen MR) is 109 cm³/mol. The topological polar surface area (TPSA) is 41.1 Å². The van der Waals surface area contributed by atoms with Gasteiger partial charge in [-0.3, -0.25) is 0 Å². The molecule has 3 rings (SSSR count). The number of nitrogens with one attached hydrogen (secondary N) is 1. The smallest absolute Gasteiger partial charge is 0.139 e. The van der Waals surface area contributed by atoms with Gasteiger partial charge in [-0.05, 0) is 45.4 Å². The maximum atomic E-state index is 4.71. The molecule has 1 N–H and O–H groups in total. The van der Waals surface area contributed by atoms with Gasteiger partial charge >= 0.3 is 0 Å². The minimum Gasteiger partial charge on any atom is -0.365 e. The van der Waals surface area contributed by atoms with Crippen molar-refractivity contribution in [2.24, 2.45) is 0 Å². The van der Waals surface area contributed by atoms with Crippen LogP contribution >= 0.6 is 0 Å². The highest BCUT2D eigenvalue weighted by molar-refractivity contribution is 5.63. The van der Waals surface area contributed by atoms with Crippen molar-refractivity contribution in [1.29, 1.82) is 0 Å². The fraction of sp³-hybridized carbons (Fsp3) is 0.273. The summed E-state index contributed by atoms with van der Waals surface area (Å²) in [4.78, 5) is 11.5. The molecule has 0 radical (unpaired) electrons. The summed E-state index contributed by atoms with van der Waals surface area (Å²) < 4.78 is 0. The third kappa shape index (κ3) is 4.82. The highest BCUT2D eigenvalue weighted by Gasteiger charge is 2.16. The molecule has 0 spiro atoms. The minimum atomic E-state index is -0.0604. The van der Waals surface area contributed by atoms with Crippen LogP contribution in [0.5, 0.6) is 0 Å². The molecule has 0 atom stereocenters. The van der Waals surface area contributed by atoms with Crippen molar-refractivity contribution in [2.75, 3.05) is 10.2 Å². The Morgan fingerprint density at radius 3 is 2.12 bits per heavy atom. The van der Waals surface area contributed by atoms with Crippen molar-refractivity contribution in [3.05, 3.63) is 78.1 Å². The maximum Gasteiger partial charge on any atom is 0.139 e. The molecule has 0 saturated carbocycles. The number of aromatic nitrogens is 2. The zero-order valence-corrected chi connectivity index (χ0v) is 15.9. The summed E-state index contributed by atoms with van der Waals surface area (Å²) in [5.41, 5.74) is 2.28. The van der Waals surface area contributed by atoms with E-state index in [1.165, 1.54) is 5.56 Å². The third-order valence-electron chi connectivity index (χ3n) is 3.86. The number of aryl methyl sites for hydroxylation is 1. The molecule has 3 aromatic rings. The minimum absolute atomic E-state index is 0.0604. The van der Waals surface area contributed by atoms with Gasteiger partial charge in [0.05, 0.1) is 0 Å². The molecule has 0 saturated heterocycles. The number of rotatable bonds is 5. The summed E-state index contributed by atoms with van der Waals surface area (Å²) in [5, 5.41) is 3.45. The van der Waals surface area contributed by atoms with Gasteiger partial charge in [-0.2, -0.15) is 0 Å². The zero-order chi connectivity index (χ0) is 18.6.